The second-order valence-electron chi connectivity index (χ2n) is 5.20. The number of halogens is 1. The number of sulfonamides is 1. The van der Waals surface area contributed by atoms with E-state index in [-0.39, 0.29) is 16.7 Å². The van der Waals surface area contributed by atoms with E-state index in [9.17, 15) is 13.5 Å². The molecule has 0 radical (unpaired) electrons. The van der Waals surface area contributed by atoms with E-state index in [1.807, 2.05) is 0 Å². The lowest BCUT2D eigenvalue weighted by Gasteiger charge is -2.24. The van der Waals surface area contributed by atoms with Crippen LogP contribution in [0.5, 0.6) is 5.75 Å². The number of hydrogen-bond donors (Lipinski definition) is 1. The number of aromatic hydroxyl groups is 1. The Bertz CT molecular complexity index is 778. The summed E-state index contributed by atoms with van der Waals surface area (Å²) < 4.78 is 27.1. The third-order valence-electron chi connectivity index (χ3n) is 3.77. The number of aromatic nitrogens is 1. The molecule has 1 fully saturated rings. The van der Waals surface area contributed by atoms with Crippen LogP contribution < -0.4 is 0 Å². The van der Waals surface area contributed by atoms with E-state index in [1.54, 1.807) is 24.3 Å². The topological polar surface area (TPSA) is 70.5 Å². The van der Waals surface area contributed by atoms with Crippen LogP contribution in [-0.4, -0.2) is 29.4 Å². The molecule has 0 aliphatic carbocycles. The molecule has 0 unspecified atom stereocenters. The van der Waals surface area contributed by atoms with Gasteiger partial charge in [-0.15, -0.1) is 0 Å². The Kier molecular flexibility index (Phi) is 4.08. The molecule has 1 N–H and O–H groups in total. The number of pyridine rings is 1. The Balaban J connectivity index is 1.97. The Morgan fingerprint density at radius 3 is 2.64 bits per heavy atom. The van der Waals surface area contributed by atoms with Crippen molar-refractivity contribution in [3.8, 4) is 5.75 Å². The zero-order valence-electron chi connectivity index (χ0n) is 11.7. The molecular formula is C15H15ClN2O3S. The van der Waals surface area contributed by atoms with E-state index >= 15 is 0 Å². The highest BCUT2D eigenvalue weighted by molar-refractivity contribution is 7.89. The Labute approximate surface area is 134 Å². The summed E-state index contributed by atoms with van der Waals surface area (Å²) in [5.74, 6) is 0.162. The van der Waals surface area contributed by atoms with Crippen LogP contribution in [0.1, 0.15) is 24.4 Å². The molecule has 3 rings (SSSR count). The van der Waals surface area contributed by atoms with Gasteiger partial charge in [0.15, 0.2) is 0 Å². The van der Waals surface area contributed by atoms with Crippen molar-refractivity contribution in [2.75, 3.05) is 6.54 Å². The zero-order valence-corrected chi connectivity index (χ0v) is 13.3. The van der Waals surface area contributed by atoms with E-state index in [0.717, 1.165) is 18.4 Å². The molecule has 1 aromatic carbocycles. The molecule has 7 heteroatoms. The summed E-state index contributed by atoms with van der Waals surface area (Å²) in [7, 11) is -3.64. The molecule has 22 heavy (non-hydrogen) atoms. The van der Waals surface area contributed by atoms with E-state index in [4.69, 9.17) is 11.6 Å². The standard InChI is InChI=1S/C15H15ClN2O3S/c16-12-8-14(10-17-9-12)22(20,21)18-7-1-2-15(18)11-3-5-13(19)6-4-11/h3-6,8-10,15,19H,1-2,7H2/t15-/m0/s1. The average Bonchev–Trinajstić information content (AvgIpc) is 2.98. The van der Waals surface area contributed by atoms with Crippen molar-refractivity contribution < 1.29 is 13.5 Å². The minimum atomic E-state index is -3.64. The smallest absolute Gasteiger partial charge is 0.245 e. The van der Waals surface area contributed by atoms with Gasteiger partial charge in [0.1, 0.15) is 10.6 Å². The first-order valence-corrected chi connectivity index (χ1v) is 8.71. The van der Waals surface area contributed by atoms with E-state index in [1.165, 1.54) is 22.8 Å². The lowest BCUT2D eigenvalue weighted by Crippen LogP contribution is -2.30. The van der Waals surface area contributed by atoms with Crippen molar-refractivity contribution in [3.63, 3.8) is 0 Å². The highest BCUT2D eigenvalue weighted by Crippen LogP contribution is 2.37. The first-order chi connectivity index (χ1) is 10.5. The maximum Gasteiger partial charge on any atom is 0.245 e. The Morgan fingerprint density at radius 2 is 1.95 bits per heavy atom. The molecule has 2 heterocycles. The van der Waals surface area contributed by atoms with Gasteiger partial charge in [-0.2, -0.15) is 4.31 Å². The molecule has 0 amide bonds. The maximum atomic E-state index is 12.8. The van der Waals surface area contributed by atoms with Gasteiger partial charge in [0.05, 0.1) is 11.1 Å². The molecule has 0 saturated carbocycles. The minimum Gasteiger partial charge on any atom is -0.508 e. The second kappa shape index (κ2) is 5.87. The number of benzene rings is 1. The molecule has 1 aliphatic heterocycles. The van der Waals surface area contributed by atoms with Gasteiger partial charge >= 0.3 is 0 Å². The average molecular weight is 339 g/mol. The maximum absolute atomic E-state index is 12.8. The van der Waals surface area contributed by atoms with E-state index < -0.39 is 10.0 Å². The molecule has 0 spiro atoms. The highest BCUT2D eigenvalue weighted by atomic mass is 35.5. The molecule has 2 aromatic rings. The fourth-order valence-electron chi connectivity index (χ4n) is 2.73. The van der Waals surface area contributed by atoms with Gasteiger partial charge in [0, 0.05) is 18.9 Å². The van der Waals surface area contributed by atoms with Crippen LogP contribution in [0.15, 0.2) is 47.6 Å². The summed E-state index contributed by atoms with van der Waals surface area (Å²) in [6, 6.07) is 7.83. The van der Waals surface area contributed by atoms with Gasteiger partial charge in [0.25, 0.3) is 0 Å². The van der Waals surface area contributed by atoms with Gasteiger partial charge < -0.3 is 5.11 Å². The van der Waals surface area contributed by atoms with Crippen LogP contribution in [0.4, 0.5) is 0 Å². The van der Waals surface area contributed by atoms with Gasteiger partial charge in [-0.05, 0) is 36.6 Å². The molecular weight excluding hydrogens is 324 g/mol. The van der Waals surface area contributed by atoms with Gasteiger partial charge in [-0.1, -0.05) is 23.7 Å². The van der Waals surface area contributed by atoms with Crippen LogP contribution >= 0.6 is 11.6 Å². The largest absolute Gasteiger partial charge is 0.508 e. The van der Waals surface area contributed by atoms with Crippen molar-refractivity contribution in [2.45, 2.75) is 23.8 Å². The second-order valence-corrected chi connectivity index (χ2v) is 7.53. The summed E-state index contributed by atoms with van der Waals surface area (Å²) >= 11 is 5.86. The quantitative estimate of drug-likeness (QED) is 0.934. The molecule has 1 atom stereocenters. The van der Waals surface area contributed by atoms with E-state index in [2.05, 4.69) is 4.98 Å². The number of phenols is 1. The molecule has 1 saturated heterocycles. The van der Waals surface area contributed by atoms with Gasteiger partial charge in [0.2, 0.25) is 10.0 Å². The SMILES string of the molecule is O=S(=O)(c1cncc(Cl)c1)N1CCC[C@H]1c1ccc(O)cc1. The van der Waals surface area contributed by atoms with Crippen molar-refractivity contribution in [3.05, 3.63) is 53.3 Å². The zero-order chi connectivity index (χ0) is 15.7. The predicted molar refractivity (Wildman–Crippen MR) is 83.2 cm³/mol. The summed E-state index contributed by atoms with van der Waals surface area (Å²) in [5, 5.41) is 9.67. The normalized spacial score (nSPS) is 19.4. The van der Waals surface area contributed by atoms with E-state index in [0.29, 0.717) is 11.6 Å². The van der Waals surface area contributed by atoms with Crippen LogP contribution in [0.2, 0.25) is 5.02 Å². The first kappa shape index (κ1) is 15.3. The summed E-state index contributed by atoms with van der Waals surface area (Å²) in [4.78, 5) is 3.96. The highest BCUT2D eigenvalue weighted by Gasteiger charge is 2.36. The Hall–Kier alpha value is -1.63. The van der Waals surface area contributed by atoms with Crippen molar-refractivity contribution >= 4 is 21.6 Å². The summed E-state index contributed by atoms with van der Waals surface area (Å²) in [6.45, 7) is 0.459. The lowest BCUT2D eigenvalue weighted by atomic mass is 10.1. The lowest BCUT2D eigenvalue weighted by molar-refractivity contribution is 0.396. The number of hydrogen-bond acceptors (Lipinski definition) is 4. The fourth-order valence-corrected chi connectivity index (χ4v) is 4.64. The number of rotatable bonds is 3. The van der Waals surface area contributed by atoms with Crippen LogP contribution in [0.25, 0.3) is 0 Å². The fraction of sp³-hybridized carbons (Fsp3) is 0.267. The molecule has 1 aromatic heterocycles. The van der Waals surface area contributed by atoms with Crippen molar-refractivity contribution in [2.24, 2.45) is 0 Å². The number of phenolic OH excluding ortho intramolecular Hbond substituents is 1. The summed E-state index contributed by atoms with van der Waals surface area (Å²) in [6.07, 6.45) is 4.26. The van der Waals surface area contributed by atoms with Crippen LogP contribution in [-0.2, 0) is 10.0 Å². The Morgan fingerprint density at radius 1 is 1.23 bits per heavy atom. The third kappa shape index (κ3) is 2.82. The molecule has 0 bridgehead atoms. The number of nitrogens with zero attached hydrogens (tertiary/aromatic N) is 2. The van der Waals surface area contributed by atoms with Gasteiger partial charge in [-0.3, -0.25) is 4.98 Å². The van der Waals surface area contributed by atoms with Gasteiger partial charge in [-0.25, -0.2) is 8.42 Å². The molecule has 116 valence electrons. The van der Waals surface area contributed by atoms with Crippen molar-refractivity contribution in [1.82, 2.24) is 9.29 Å². The third-order valence-corrected chi connectivity index (χ3v) is 5.85. The predicted octanol–water partition coefficient (Wildman–Crippen LogP) is 2.97. The molecule has 5 nitrogen and oxygen atoms in total. The van der Waals surface area contributed by atoms with Crippen LogP contribution in [0.3, 0.4) is 0 Å². The first-order valence-electron chi connectivity index (χ1n) is 6.90. The monoisotopic (exact) mass is 338 g/mol. The van der Waals surface area contributed by atoms with Crippen LogP contribution in [0, 0.1) is 0 Å². The van der Waals surface area contributed by atoms with Crippen molar-refractivity contribution in [1.29, 1.82) is 0 Å². The molecule has 1 aliphatic rings. The minimum absolute atomic E-state index is 0.102. The summed E-state index contributed by atoms with van der Waals surface area (Å²) in [5.41, 5.74) is 0.869.